The Kier molecular flexibility index (Phi) is 3.41. The number of hydrogen-bond donors (Lipinski definition) is 0. The van der Waals surface area contributed by atoms with Crippen molar-refractivity contribution in [2.75, 3.05) is 11.4 Å². The first kappa shape index (κ1) is 14.6. The van der Waals surface area contributed by atoms with Crippen LogP contribution in [0.5, 0.6) is 0 Å². The first-order valence-electron chi connectivity index (χ1n) is 8.02. The van der Waals surface area contributed by atoms with E-state index in [1.54, 1.807) is 18.5 Å². The van der Waals surface area contributed by atoms with Gasteiger partial charge in [-0.3, -0.25) is 15.1 Å². The van der Waals surface area contributed by atoms with Gasteiger partial charge in [-0.25, -0.2) is 0 Å². The van der Waals surface area contributed by atoms with Gasteiger partial charge in [-0.2, -0.15) is 0 Å². The zero-order valence-electron chi connectivity index (χ0n) is 13.3. The van der Waals surface area contributed by atoms with Crippen molar-refractivity contribution in [2.24, 2.45) is 0 Å². The van der Waals surface area contributed by atoms with E-state index in [2.05, 4.69) is 41.1 Å². The molecule has 0 fully saturated rings. The average Bonchev–Trinajstić information content (AvgIpc) is 2.61. The summed E-state index contributed by atoms with van der Waals surface area (Å²) in [5, 5.41) is 12.8. The minimum Gasteiger partial charge on any atom is -0.364 e. The molecule has 1 atom stereocenters. The molecule has 0 spiro atoms. The summed E-state index contributed by atoms with van der Waals surface area (Å²) in [6.45, 7) is 3.08. The monoisotopic (exact) mass is 319 g/mol. The Bertz CT molecular complexity index is 939. The highest BCUT2D eigenvalue weighted by Gasteiger charge is 2.26. The van der Waals surface area contributed by atoms with Crippen LogP contribution in [0.3, 0.4) is 0 Å². The molecule has 4 rings (SSSR count). The maximum absolute atomic E-state index is 11.3. The lowest BCUT2D eigenvalue weighted by Gasteiger charge is -2.37. The quantitative estimate of drug-likeness (QED) is 0.523. The van der Waals surface area contributed by atoms with Crippen molar-refractivity contribution in [1.82, 2.24) is 4.98 Å². The highest BCUT2D eigenvalue weighted by molar-refractivity contribution is 5.99. The maximum atomic E-state index is 11.3. The number of fused-ring (bicyclic) bond motifs is 2. The van der Waals surface area contributed by atoms with Gasteiger partial charge in [0.2, 0.25) is 0 Å². The molecule has 24 heavy (non-hydrogen) atoms. The zero-order chi connectivity index (χ0) is 16.7. The van der Waals surface area contributed by atoms with Crippen molar-refractivity contribution in [3.8, 4) is 0 Å². The molecule has 5 heteroatoms. The molecular formula is C19H17N3O2. The molecule has 0 N–H and O–H groups in total. The Labute approximate surface area is 139 Å². The number of nitro benzene ring substituents is 1. The summed E-state index contributed by atoms with van der Waals surface area (Å²) >= 11 is 0. The van der Waals surface area contributed by atoms with Crippen molar-refractivity contribution in [2.45, 2.75) is 19.4 Å². The molecule has 0 bridgehead atoms. The minimum absolute atomic E-state index is 0.104. The molecule has 0 aliphatic carbocycles. The Morgan fingerprint density at radius 3 is 2.83 bits per heavy atom. The van der Waals surface area contributed by atoms with E-state index in [0.717, 1.165) is 24.0 Å². The summed E-state index contributed by atoms with van der Waals surface area (Å²) in [7, 11) is 0. The Hall–Kier alpha value is -2.95. The summed E-state index contributed by atoms with van der Waals surface area (Å²) in [5.41, 5.74) is 3.84. The average molecular weight is 319 g/mol. The topological polar surface area (TPSA) is 59.3 Å². The Morgan fingerprint density at radius 2 is 2.00 bits per heavy atom. The summed E-state index contributed by atoms with van der Waals surface area (Å²) < 4.78 is 0. The highest BCUT2D eigenvalue weighted by Crippen LogP contribution is 2.39. The first-order chi connectivity index (χ1) is 11.7. The molecule has 1 aliphatic rings. The van der Waals surface area contributed by atoms with Crippen molar-refractivity contribution in [3.63, 3.8) is 0 Å². The van der Waals surface area contributed by atoms with E-state index in [0.29, 0.717) is 5.39 Å². The predicted molar refractivity (Wildman–Crippen MR) is 94.3 cm³/mol. The van der Waals surface area contributed by atoms with Crippen molar-refractivity contribution >= 4 is 22.1 Å². The largest absolute Gasteiger partial charge is 0.364 e. The fourth-order valence-corrected chi connectivity index (χ4v) is 3.67. The third-order valence-electron chi connectivity index (χ3n) is 4.87. The number of hydrogen-bond acceptors (Lipinski definition) is 4. The van der Waals surface area contributed by atoms with Gasteiger partial charge in [0.25, 0.3) is 5.69 Å². The number of nitrogens with zero attached hydrogens (tertiary/aromatic N) is 3. The minimum atomic E-state index is -0.345. The van der Waals surface area contributed by atoms with Crippen LogP contribution in [0.25, 0.3) is 10.8 Å². The van der Waals surface area contributed by atoms with Crippen molar-refractivity contribution in [1.29, 1.82) is 0 Å². The number of nitro groups is 1. The van der Waals surface area contributed by atoms with Crippen molar-refractivity contribution < 1.29 is 4.92 Å². The molecule has 1 aromatic heterocycles. The fraction of sp³-hybridized carbons (Fsp3) is 0.211. The van der Waals surface area contributed by atoms with Crippen LogP contribution in [0.4, 0.5) is 11.4 Å². The molecular weight excluding hydrogens is 302 g/mol. The highest BCUT2D eigenvalue weighted by atomic mass is 16.6. The van der Waals surface area contributed by atoms with Crippen LogP contribution in [0.15, 0.2) is 54.9 Å². The Morgan fingerprint density at radius 1 is 1.17 bits per heavy atom. The van der Waals surface area contributed by atoms with Crippen LogP contribution in [0.2, 0.25) is 0 Å². The van der Waals surface area contributed by atoms with Crippen LogP contribution in [0, 0.1) is 10.1 Å². The molecule has 0 saturated carbocycles. The van der Waals surface area contributed by atoms with Crippen LogP contribution in [-0.2, 0) is 6.42 Å². The lowest BCUT2D eigenvalue weighted by atomic mass is 9.92. The molecule has 2 heterocycles. The maximum Gasteiger partial charge on any atom is 0.278 e. The molecule has 120 valence electrons. The predicted octanol–water partition coefficient (Wildman–Crippen LogP) is 4.27. The van der Waals surface area contributed by atoms with Gasteiger partial charge in [0.15, 0.2) is 0 Å². The van der Waals surface area contributed by atoms with Gasteiger partial charge in [0.05, 0.1) is 16.4 Å². The molecule has 0 amide bonds. The van der Waals surface area contributed by atoms with Gasteiger partial charge in [-0.1, -0.05) is 24.3 Å². The van der Waals surface area contributed by atoms with E-state index in [1.165, 1.54) is 11.1 Å². The third-order valence-corrected chi connectivity index (χ3v) is 4.87. The number of benzene rings is 2. The van der Waals surface area contributed by atoms with E-state index in [-0.39, 0.29) is 16.7 Å². The summed E-state index contributed by atoms with van der Waals surface area (Å²) in [4.78, 5) is 17.4. The van der Waals surface area contributed by atoms with Gasteiger partial charge >= 0.3 is 0 Å². The summed E-state index contributed by atoms with van der Waals surface area (Å²) in [6, 6.07) is 14.0. The van der Waals surface area contributed by atoms with E-state index in [4.69, 9.17) is 0 Å². The molecule has 0 radical (unpaired) electrons. The van der Waals surface area contributed by atoms with Gasteiger partial charge < -0.3 is 4.90 Å². The normalized spacial score (nSPS) is 16.9. The van der Waals surface area contributed by atoms with Gasteiger partial charge in [0, 0.05) is 36.1 Å². The number of rotatable bonds is 2. The number of anilines is 1. The van der Waals surface area contributed by atoms with Crippen molar-refractivity contribution in [3.05, 3.63) is 76.1 Å². The molecule has 0 saturated heterocycles. The molecule has 5 nitrogen and oxygen atoms in total. The smallest absolute Gasteiger partial charge is 0.278 e. The molecule has 1 unspecified atom stereocenters. The van der Waals surface area contributed by atoms with Crippen LogP contribution >= 0.6 is 0 Å². The van der Waals surface area contributed by atoms with E-state index in [1.807, 2.05) is 12.1 Å². The second-order valence-electron chi connectivity index (χ2n) is 6.10. The van der Waals surface area contributed by atoms with Gasteiger partial charge in [0.1, 0.15) is 0 Å². The fourth-order valence-electron chi connectivity index (χ4n) is 3.67. The lowest BCUT2D eigenvalue weighted by molar-refractivity contribution is -0.383. The Balaban J connectivity index is 1.86. The van der Waals surface area contributed by atoms with Crippen LogP contribution < -0.4 is 4.90 Å². The van der Waals surface area contributed by atoms with E-state index < -0.39 is 0 Å². The van der Waals surface area contributed by atoms with Gasteiger partial charge in [-0.15, -0.1) is 0 Å². The van der Waals surface area contributed by atoms with E-state index in [9.17, 15) is 10.1 Å². The second-order valence-corrected chi connectivity index (χ2v) is 6.10. The molecule has 3 aromatic rings. The van der Waals surface area contributed by atoms with E-state index >= 15 is 0 Å². The standard InChI is InChI=1S/C19H17N3O2/c1-13-15-5-3-2-4-14(15)9-11-21(13)18-6-7-19(22(23)24)17-12-20-10-8-16(17)18/h2-8,10,12-13H,9,11H2,1H3. The molecule has 1 aliphatic heterocycles. The number of non-ortho nitro benzene ring substituents is 1. The third kappa shape index (κ3) is 2.21. The van der Waals surface area contributed by atoms with Crippen LogP contribution in [-0.4, -0.2) is 16.5 Å². The molecule has 2 aromatic carbocycles. The first-order valence-corrected chi connectivity index (χ1v) is 8.02. The zero-order valence-corrected chi connectivity index (χ0v) is 13.3. The number of pyridine rings is 1. The SMILES string of the molecule is CC1c2ccccc2CCN1c1ccc([N+](=O)[O-])c2cnccc12. The lowest BCUT2D eigenvalue weighted by Crippen LogP contribution is -2.34. The van der Waals surface area contributed by atoms with Crippen LogP contribution in [0.1, 0.15) is 24.1 Å². The summed E-state index contributed by atoms with van der Waals surface area (Å²) in [6.07, 6.45) is 4.25. The van der Waals surface area contributed by atoms with Gasteiger partial charge in [-0.05, 0) is 36.6 Å². The second kappa shape index (κ2) is 5.60. The number of aromatic nitrogens is 1. The summed E-state index contributed by atoms with van der Waals surface area (Å²) in [5.74, 6) is 0.